The first-order chi connectivity index (χ1) is 16.3. The third-order valence-electron chi connectivity index (χ3n) is 7.30. The first kappa shape index (κ1) is 23.1. The summed E-state index contributed by atoms with van der Waals surface area (Å²) in [6.45, 7) is 10.6. The van der Waals surface area contributed by atoms with Gasteiger partial charge in [0.05, 0.1) is 10.4 Å². The summed E-state index contributed by atoms with van der Waals surface area (Å²) in [5.41, 5.74) is 4.76. The quantitative estimate of drug-likeness (QED) is 0.542. The molecule has 1 atom stereocenters. The van der Waals surface area contributed by atoms with Crippen molar-refractivity contribution < 1.29 is 8.42 Å². The summed E-state index contributed by atoms with van der Waals surface area (Å²) in [7, 11) is -3.48. The maximum absolute atomic E-state index is 13.2. The minimum absolute atomic E-state index is 0.0530. The standard InChI is InChI=1S/C27H34N4O2S/c1-20-7-8-21(2)26(18-20)29-14-16-30(17-15-29)27-12-9-23-19-24(10-11-25(23)28-27)34(32,33)31-13-5-4-6-22(31)3/h7-12,18-19,22H,4-6,13-17H2,1-3H3/t22-/m1/s1. The largest absolute Gasteiger partial charge is 0.368 e. The molecule has 3 aromatic rings. The highest BCUT2D eigenvalue weighted by atomic mass is 32.2. The van der Waals surface area contributed by atoms with E-state index in [0.29, 0.717) is 11.4 Å². The highest BCUT2D eigenvalue weighted by Crippen LogP contribution is 2.29. The predicted octanol–water partition coefficient (Wildman–Crippen LogP) is 4.74. The molecule has 0 N–H and O–H groups in total. The van der Waals surface area contributed by atoms with E-state index in [-0.39, 0.29) is 6.04 Å². The van der Waals surface area contributed by atoms with Gasteiger partial charge in [0, 0.05) is 49.8 Å². The van der Waals surface area contributed by atoms with Gasteiger partial charge in [-0.05, 0) is 81.1 Å². The second-order valence-electron chi connectivity index (χ2n) is 9.75. The summed E-state index contributed by atoms with van der Waals surface area (Å²) in [6.07, 6.45) is 2.95. The van der Waals surface area contributed by atoms with Crippen molar-refractivity contribution in [2.75, 3.05) is 42.5 Å². The SMILES string of the molecule is Cc1ccc(C)c(N2CCN(c3ccc4cc(S(=O)(=O)N5CCCC[C@H]5C)ccc4n3)CC2)c1. The molecule has 2 aliphatic heterocycles. The highest BCUT2D eigenvalue weighted by Gasteiger charge is 2.31. The van der Waals surface area contributed by atoms with Crippen LogP contribution in [0.25, 0.3) is 10.9 Å². The summed E-state index contributed by atoms with van der Waals surface area (Å²) in [6, 6.07) is 16.1. The normalized spacial score (nSPS) is 20.1. The number of aromatic nitrogens is 1. The molecule has 0 bridgehead atoms. The number of hydrogen-bond acceptors (Lipinski definition) is 5. The van der Waals surface area contributed by atoms with Crippen LogP contribution in [0, 0.1) is 13.8 Å². The lowest BCUT2D eigenvalue weighted by molar-refractivity contribution is 0.268. The van der Waals surface area contributed by atoms with Crippen LogP contribution in [0.2, 0.25) is 0 Å². The Hall–Kier alpha value is -2.64. The summed E-state index contributed by atoms with van der Waals surface area (Å²) >= 11 is 0. The number of piperidine rings is 1. The van der Waals surface area contributed by atoms with Gasteiger partial charge in [-0.2, -0.15) is 4.31 Å². The molecule has 6 nitrogen and oxygen atoms in total. The Balaban J connectivity index is 1.33. The molecule has 0 spiro atoms. The molecular formula is C27H34N4O2S. The van der Waals surface area contributed by atoms with E-state index in [9.17, 15) is 8.42 Å². The van der Waals surface area contributed by atoms with Gasteiger partial charge in [0.2, 0.25) is 10.0 Å². The average Bonchev–Trinajstić information content (AvgIpc) is 2.85. The van der Waals surface area contributed by atoms with Crippen molar-refractivity contribution in [1.29, 1.82) is 0 Å². The van der Waals surface area contributed by atoms with Gasteiger partial charge in [-0.3, -0.25) is 0 Å². The third-order valence-corrected chi connectivity index (χ3v) is 9.31. The fraction of sp³-hybridized carbons (Fsp3) is 0.444. The second-order valence-corrected chi connectivity index (χ2v) is 11.6. The Bertz CT molecular complexity index is 1300. The van der Waals surface area contributed by atoms with E-state index in [1.165, 1.54) is 16.8 Å². The van der Waals surface area contributed by atoms with Gasteiger partial charge >= 0.3 is 0 Å². The van der Waals surface area contributed by atoms with Crippen LogP contribution in [0.15, 0.2) is 53.4 Å². The van der Waals surface area contributed by atoms with E-state index in [4.69, 9.17) is 4.98 Å². The average molecular weight is 479 g/mol. The van der Waals surface area contributed by atoms with Crippen LogP contribution < -0.4 is 9.80 Å². The molecule has 0 unspecified atom stereocenters. The summed E-state index contributed by atoms with van der Waals surface area (Å²) in [4.78, 5) is 10.0. The van der Waals surface area contributed by atoms with Gasteiger partial charge in [-0.15, -0.1) is 0 Å². The van der Waals surface area contributed by atoms with E-state index < -0.39 is 10.0 Å². The molecular weight excluding hydrogens is 444 g/mol. The van der Waals surface area contributed by atoms with Gasteiger partial charge in [-0.1, -0.05) is 18.6 Å². The number of fused-ring (bicyclic) bond motifs is 1. The zero-order chi connectivity index (χ0) is 23.9. The van der Waals surface area contributed by atoms with Crippen molar-refractivity contribution >= 4 is 32.4 Å². The van der Waals surface area contributed by atoms with Crippen molar-refractivity contribution in [3.8, 4) is 0 Å². The first-order valence-electron chi connectivity index (χ1n) is 12.3. The smallest absolute Gasteiger partial charge is 0.243 e. The maximum Gasteiger partial charge on any atom is 0.243 e. The topological polar surface area (TPSA) is 56.8 Å². The van der Waals surface area contributed by atoms with Crippen LogP contribution in [-0.2, 0) is 10.0 Å². The van der Waals surface area contributed by atoms with Crippen molar-refractivity contribution in [2.24, 2.45) is 0 Å². The molecule has 0 aliphatic carbocycles. The maximum atomic E-state index is 13.2. The predicted molar refractivity (Wildman–Crippen MR) is 139 cm³/mol. The van der Waals surface area contributed by atoms with E-state index in [0.717, 1.165) is 62.2 Å². The van der Waals surface area contributed by atoms with Crippen molar-refractivity contribution in [3.05, 3.63) is 59.7 Å². The summed E-state index contributed by atoms with van der Waals surface area (Å²) in [5.74, 6) is 0.952. The lowest BCUT2D eigenvalue weighted by Crippen LogP contribution is -2.47. The van der Waals surface area contributed by atoms with Crippen LogP contribution in [0.5, 0.6) is 0 Å². The third kappa shape index (κ3) is 4.39. The Morgan fingerprint density at radius 1 is 0.853 bits per heavy atom. The number of pyridine rings is 1. The fourth-order valence-corrected chi connectivity index (χ4v) is 6.97. The van der Waals surface area contributed by atoms with Crippen LogP contribution in [0.1, 0.15) is 37.3 Å². The van der Waals surface area contributed by atoms with E-state index in [2.05, 4.69) is 41.8 Å². The molecule has 2 saturated heterocycles. The fourth-order valence-electron chi connectivity index (χ4n) is 5.23. The molecule has 34 heavy (non-hydrogen) atoms. The summed E-state index contributed by atoms with van der Waals surface area (Å²) < 4.78 is 28.1. The van der Waals surface area contributed by atoms with Crippen molar-refractivity contribution in [2.45, 2.75) is 51.0 Å². The van der Waals surface area contributed by atoms with Crippen molar-refractivity contribution in [1.82, 2.24) is 9.29 Å². The van der Waals surface area contributed by atoms with E-state index >= 15 is 0 Å². The molecule has 0 radical (unpaired) electrons. The van der Waals surface area contributed by atoms with Crippen LogP contribution in [0.4, 0.5) is 11.5 Å². The number of piperazine rings is 1. The number of anilines is 2. The Labute approximate surface area is 203 Å². The van der Waals surface area contributed by atoms with E-state index in [1.807, 2.05) is 25.1 Å². The molecule has 2 fully saturated rings. The van der Waals surface area contributed by atoms with Crippen LogP contribution in [0.3, 0.4) is 0 Å². The van der Waals surface area contributed by atoms with Crippen LogP contribution >= 0.6 is 0 Å². The summed E-state index contributed by atoms with van der Waals surface area (Å²) in [5, 5.41) is 0.864. The zero-order valence-corrected chi connectivity index (χ0v) is 21.2. The molecule has 0 saturated carbocycles. The number of sulfonamides is 1. The van der Waals surface area contributed by atoms with Gasteiger partial charge in [0.1, 0.15) is 5.82 Å². The molecule has 2 aromatic carbocycles. The lowest BCUT2D eigenvalue weighted by Gasteiger charge is -2.37. The van der Waals surface area contributed by atoms with Crippen LogP contribution in [-0.4, -0.2) is 56.5 Å². The van der Waals surface area contributed by atoms with Gasteiger partial charge in [0.25, 0.3) is 0 Å². The molecule has 3 heterocycles. The first-order valence-corrected chi connectivity index (χ1v) is 13.8. The van der Waals surface area contributed by atoms with Gasteiger partial charge in [0.15, 0.2) is 0 Å². The minimum atomic E-state index is -3.48. The number of nitrogens with zero attached hydrogens (tertiary/aromatic N) is 4. The highest BCUT2D eigenvalue weighted by molar-refractivity contribution is 7.89. The zero-order valence-electron chi connectivity index (χ0n) is 20.4. The molecule has 1 aromatic heterocycles. The number of aryl methyl sites for hydroxylation is 2. The number of rotatable bonds is 4. The number of benzene rings is 2. The molecule has 7 heteroatoms. The molecule has 180 valence electrons. The molecule has 2 aliphatic rings. The van der Waals surface area contributed by atoms with Crippen molar-refractivity contribution in [3.63, 3.8) is 0 Å². The van der Waals surface area contributed by atoms with Gasteiger partial charge in [-0.25, -0.2) is 13.4 Å². The Kier molecular flexibility index (Phi) is 6.25. The van der Waals surface area contributed by atoms with E-state index in [1.54, 1.807) is 16.4 Å². The lowest BCUT2D eigenvalue weighted by atomic mass is 10.1. The minimum Gasteiger partial charge on any atom is -0.368 e. The molecule has 5 rings (SSSR count). The Morgan fingerprint density at radius 3 is 2.38 bits per heavy atom. The molecule has 0 amide bonds. The Morgan fingerprint density at radius 2 is 1.62 bits per heavy atom. The monoisotopic (exact) mass is 478 g/mol. The van der Waals surface area contributed by atoms with Gasteiger partial charge < -0.3 is 9.80 Å². The second kappa shape index (κ2) is 9.19. The number of hydrogen-bond donors (Lipinski definition) is 0.